The van der Waals surface area contributed by atoms with Crippen LogP contribution in [0.5, 0.6) is 0 Å². The molecule has 2 rings (SSSR count). The van der Waals surface area contributed by atoms with E-state index in [2.05, 4.69) is 9.97 Å². The number of halogens is 1. The van der Waals surface area contributed by atoms with Gasteiger partial charge in [-0.1, -0.05) is 0 Å². The number of aromatic nitrogens is 2. The average molecular weight is 194 g/mol. The highest BCUT2D eigenvalue weighted by molar-refractivity contribution is 7.15. The van der Waals surface area contributed by atoms with Crippen LogP contribution in [0.15, 0.2) is 24.7 Å². The molecule has 0 aliphatic rings. The number of thiazole rings is 1. The van der Waals surface area contributed by atoms with Crippen molar-refractivity contribution in [1.29, 1.82) is 0 Å². The Balaban J connectivity index is 2.46. The first-order chi connectivity index (χ1) is 6.25. The van der Waals surface area contributed by atoms with Crippen molar-refractivity contribution in [3.63, 3.8) is 0 Å². The fraction of sp³-hybridized carbons (Fsp3) is 0.111. The number of aryl methyl sites for hydroxylation is 1. The maximum atomic E-state index is 12.8. The van der Waals surface area contributed by atoms with Gasteiger partial charge >= 0.3 is 0 Å². The standard InChI is InChI=1S/C9H7FN2S/c1-6-12-5-9(13-6)7-2-8(10)4-11-3-7/h2-5H,1H3. The third-order valence-corrected chi connectivity index (χ3v) is 2.57. The van der Waals surface area contributed by atoms with Gasteiger partial charge in [-0.15, -0.1) is 11.3 Å². The molecule has 0 amide bonds. The average Bonchev–Trinajstić information content (AvgIpc) is 2.52. The lowest BCUT2D eigenvalue weighted by molar-refractivity contribution is 0.622. The molecule has 0 aromatic carbocycles. The molecular weight excluding hydrogens is 187 g/mol. The van der Waals surface area contributed by atoms with E-state index in [1.54, 1.807) is 12.4 Å². The van der Waals surface area contributed by atoms with E-state index < -0.39 is 0 Å². The third-order valence-electron chi connectivity index (χ3n) is 1.61. The SMILES string of the molecule is Cc1ncc(-c2cncc(F)c2)s1. The molecule has 2 aromatic heterocycles. The van der Waals surface area contributed by atoms with Gasteiger partial charge in [-0.2, -0.15) is 0 Å². The fourth-order valence-electron chi connectivity index (χ4n) is 1.04. The van der Waals surface area contributed by atoms with Gasteiger partial charge in [0.25, 0.3) is 0 Å². The largest absolute Gasteiger partial charge is 0.261 e. The molecule has 0 radical (unpaired) electrons. The second-order valence-electron chi connectivity index (χ2n) is 2.64. The predicted octanol–water partition coefficient (Wildman–Crippen LogP) is 2.65. The predicted molar refractivity (Wildman–Crippen MR) is 50.0 cm³/mol. The minimum absolute atomic E-state index is 0.316. The summed E-state index contributed by atoms with van der Waals surface area (Å²) in [4.78, 5) is 8.81. The maximum Gasteiger partial charge on any atom is 0.142 e. The van der Waals surface area contributed by atoms with Crippen molar-refractivity contribution in [2.24, 2.45) is 0 Å². The summed E-state index contributed by atoms with van der Waals surface area (Å²) in [6.07, 6.45) is 4.56. The first-order valence-corrected chi connectivity index (χ1v) is 4.61. The summed E-state index contributed by atoms with van der Waals surface area (Å²) < 4.78 is 12.8. The Bertz CT molecular complexity index is 425. The zero-order valence-corrected chi connectivity index (χ0v) is 7.81. The Morgan fingerprint density at radius 3 is 2.77 bits per heavy atom. The normalized spacial score (nSPS) is 10.3. The Morgan fingerprint density at radius 2 is 2.15 bits per heavy atom. The van der Waals surface area contributed by atoms with E-state index >= 15 is 0 Å². The monoisotopic (exact) mass is 194 g/mol. The molecule has 0 bridgehead atoms. The first-order valence-electron chi connectivity index (χ1n) is 3.79. The Kier molecular flexibility index (Phi) is 2.06. The molecule has 0 aliphatic heterocycles. The summed E-state index contributed by atoms with van der Waals surface area (Å²) in [5, 5.41) is 0.972. The van der Waals surface area contributed by atoms with Crippen molar-refractivity contribution in [1.82, 2.24) is 9.97 Å². The molecule has 0 saturated carbocycles. The molecule has 2 nitrogen and oxygen atoms in total. The molecule has 0 fully saturated rings. The van der Waals surface area contributed by atoms with Gasteiger partial charge in [0.15, 0.2) is 0 Å². The van der Waals surface area contributed by atoms with E-state index in [0.717, 1.165) is 15.4 Å². The summed E-state index contributed by atoms with van der Waals surface area (Å²) >= 11 is 1.53. The van der Waals surface area contributed by atoms with Crippen molar-refractivity contribution in [2.45, 2.75) is 6.92 Å². The van der Waals surface area contributed by atoms with E-state index in [4.69, 9.17) is 0 Å². The number of hydrogen-bond donors (Lipinski definition) is 0. The molecule has 0 atom stereocenters. The van der Waals surface area contributed by atoms with Crippen molar-refractivity contribution in [2.75, 3.05) is 0 Å². The van der Waals surface area contributed by atoms with E-state index in [-0.39, 0.29) is 5.82 Å². The molecule has 0 N–H and O–H groups in total. The van der Waals surface area contributed by atoms with Crippen molar-refractivity contribution < 1.29 is 4.39 Å². The highest BCUT2D eigenvalue weighted by atomic mass is 32.1. The van der Waals surface area contributed by atoms with E-state index in [1.165, 1.54) is 23.6 Å². The lowest BCUT2D eigenvalue weighted by Crippen LogP contribution is -1.79. The minimum atomic E-state index is -0.316. The molecule has 66 valence electrons. The van der Waals surface area contributed by atoms with Crippen LogP contribution < -0.4 is 0 Å². The minimum Gasteiger partial charge on any atom is -0.261 e. The van der Waals surface area contributed by atoms with Crippen LogP contribution in [0, 0.1) is 12.7 Å². The Labute approximate surface area is 79.1 Å². The molecule has 0 unspecified atom stereocenters. The zero-order chi connectivity index (χ0) is 9.26. The summed E-state index contributed by atoms with van der Waals surface area (Å²) in [6, 6.07) is 1.46. The van der Waals surface area contributed by atoms with Gasteiger partial charge in [-0.25, -0.2) is 9.37 Å². The molecule has 13 heavy (non-hydrogen) atoms. The van der Waals surface area contributed by atoms with Gasteiger partial charge < -0.3 is 0 Å². The van der Waals surface area contributed by atoms with Crippen LogP contribution in [-0.2, 0) is 0 Å². The molecule has 2 heterocycles. The number of hydrogen-bond acceptors (Lipinski definition) is 3. The van der Waals surface area contributed by atoms with Crippen LogP contribution >= 0.6 is 11.3 Å². The van der Waals surface area contributed by atoms with Crippen LogP contribution in [0.3, 0.4) is 0 Å². The van der Waals surface area contributed by atoms with Gasteiger partial charge in [0.1, 0.15) is 5.82 Å². The summed E-state index contributed by atoms with van der Waals surface area (Å²) in [6.45, 7) is 1.92. The lowest BCUT2D eigenvalue weighted by Gasteiger charge is -1.94. The summed E-state index contributed by atoms with van der Waals surface area (Å²) in [5.41, 5.74) is 0.783. The van der Waals surface area contributed by atoms with Crippen LogP contribution in [0.4, 0.5) is 4.39 Å². The molecular formula is C9H7FN2S. The summed E-state index contributed by atoms with van der Waals surface area (Å²) in [7, 11) is 0. The van der Waals surface area contributed by atoms with Crippen LogP contribution in [0.25, 0.3) is 10.4 Å². The van der Waals surface area contributed by atoms with Crippen LogP contribution in [0.1, 0.15) is 5.01 Å². The van der Waals surface area contributed by atoms with Gasteiger partial charge in [0.05, 0.1) is 16.1 Å². The van der Waals surface area contributed by atoms with E-state index in [1.807, 2.05) is 6.92 Å². The second-order valence-corrected chi connectivity index (χ2v) is 3.87. The molecule has 0 saturated heterocycles. The zero-order valence-electron chi connectivity index (χ0n) is 6.99. The van der Waals surface area contributed by atoms with Crippen LogP contribution in [0.2, 0.25) is 0 Å². The first kappa shape index (κ1) is 8.31. The van der Waals surface area contributed by atoms with E-state index in [9.17, 15) is 4.39 Å². The molecule has 0 spiro atoms. The quantitative estimate of drug-likeness (QED) is 0.697. The van der Waals surface area contributed by atoms with Crippen LogP contribution in [-0.4, -0.2) is 9.97 Å². The fourth-order valence-corrected chi connectivity index (χ4v) is 1.80. The summed E-state index contributed by atoms with van der Waals surface area (Å²) in [5.74, 6) is -0.316. The number of rotatable bonds is 1. The highest BCUT2D eigenvalue weighted by Gasteiger charge is 2.02. The van der Waals surface area contributed by atoms with Crippen molar-refractivity contribution in [3.8, 4) is 10.4 Å². The number of pyridine rings is 1. The molecule has 0 aliphatic carbocycles. The molecule has 2 aromatic rings. The lowest BCUT2D eigenvalue weighted by atomic mass is 10.2. The Hall–Kier alpha value is -1.29. The maximum absolute atomic E-state index is 12.8. The second kappa shape index (κ2) is 3.22. The van der Waals surface area contributed by atoms with Gasteiger partial charge in [0.2, 0.25) is 0 Å². The molecule has 4 heteroatoms. The highest BCUT2D eigenvalue weighted by Crippen LogP contribution is 2.24. The van der Waals surface area contributed by atoms with Gasteiger partial charge in [0, 0.05) is 18.0 Å². The van der Waals surface area contributed by atoms with Crippen molar-refractivity contribution in [3.05, 3.63) is 35.5 Å². The topological polar surface area (TPSA) is 25.8 Å². The number of nitrogens with zero attached hydrogens (tertiary/aromatic N) is 2. The Morgan fingerprint density at radius 1 is 1.31 bits per heavy atom. The third kappa shape index (κ3) is 1.72. The van der Waals surface area contributed by atoms with E-state index in [0.29, 0.717) is 0 Å². The van der Waals surface area contributed by atoms with Gasteiger partial charge in [-0.3, -0.25) is 4.98 Å². The van der Waals surface area contributed by atoms with Gasteiger partial charge in [-0.05, 0) is 13.0 Å². The smallest absolute Gasteiger partial charge is 0.142 e. The van der Waals surface area contributed by atoms with Crippen molar-refractivity contribution >= 4 is 11.3 Å².